The molecule has 0 N–H and O–H groups in total. The molecule has 1 atom stereocenters. The van der Waals surface area contributed by atoms with E-state index in [1.807, 2.05) is 0 Å². The van der Waals surface area contributed by atoms with Crippen LogP contribution in [-0.2, 0) is 28.6 Å². The number of carbonyl (C=O) groups is 3. The highest BCUT2D eigenvalue weighted by Gasteiger charge is 2.19. The van der Waals surface area contributed by atoms with Gasteiger partial charge >= 0.3 is 17.9 Å². The van der Waals surface area contributed by atoms with E-state index in [2.05, 4.69) is 81.5 Å². The molecule has 0 aliphatic rings. The third-order valence-electron chi connectivity index (χ3n) is 12.5. The van der Waals surface area contributed by atoms with E-state index < -0.39 is 6.10 Å². The number of hydrogen-bond donors (Lipinski definition) is 0. The Morgan fingerprint density at radius 2 is 0.537 bits per heavy atom. The van der Waals surface area contributed by atoms with Crippen molar-refractivity contribution in [1.82, 2.24) is 0 Å². The van der Waals surface area contributed by atoms with Crippen LogP contribution in [0.5, 0.6) is 0 Å². The van der Waals surface area contributed by atoms with Gasteiger partial charge in [-0.15, -0.1) is 0 Å². The van der Waals surface area contributed by atoms with Crippen LogP contribution in [0, 0.1) is 0 Å². The van der Waals surface area contributed by atoms with Gasteiger partial charge in [0.1, 0.15) is 13.2 Å². The molecule has 0 rings (SSSR count). The summed E-state index contributed by atoms with van der Waals surface area (Å²) in [6, 6.07) is 0. The van der Waals surface area contributed by atoms with Gasteiger partial charge in [-0.1, -0.05) is 242 Å². The smallest absolute Gasteiger partial charge is 0.306 e. The Labute approximate surface area is 415 Å². The van der Waals surface area contributed by atoms with Crippen LogP contribution < -0.4 is 0 Å². The first kappa shape index (κ1) is 64.1. The monoisotopic (exact) mass is 937 g/mol. The predicted molar refractivity (Wildman–Crippen MR) is 288 cm³/mol. The summed E-state index contributed by atoms with van der Waals surface area (Å²) in [7, 11) is 0. The minimum atomic E-state index is -0.795. The van der Waals surface area contributed by atoms with Crippen molar-refractivity contribution in [3.8, 4) is 0 Å². The molecule has 0 amide bonds. The maximum atomic E-state index is 12.8. The van der Waals surface area contributed by atoms with Crippen LogP contribution in [0.15, 0.2) is 60.8 Å². The van der Waals surface area contributed by atoms with Crippen molar-refractivity contribution in [3.63, 3.8) is 0 Å². The number of allylic oxidation sites excluding steroid dienone is 10. The Kier molecular flexibility index (Phi) is 53.3. The molecule has 0 bridgehead atoms. The molecule has 0 saturated carbocycles. The van der Waals surface area contributed by atoms with Gasteiger partial charge in [-0.25, -0.2) is 0 Å². The average molecular weight is 938 g/mol. The average Bonchev–Trinajstić information content (AvgIpc) is 3.33. The van der Waals surface area contributed by atoms with Gasteiger partial charge in [0.15, 0.2) is 6.10 Å². The Hall–Kier alpha value is -2.89. The zero-order valence-electron chi connectivity index (χ0n) is 44.4. The molecule has 0 aliphatic heterocycles. The minimum absolute atomic E-state index is 0.0897. The number of carbonyl (C=O) groups excluding carboxylic acids is 3. The first-order valence-corrected chi connectivity index (χ1v) is 28.8. The minimum Gasteiger partial charge on any atom is -0.462 e. The standard InChI is InChI=1S/C61H108O6/c1-4-7-10-13-16-19-22-25-28-29-30-31-34-36-39-42-45-48-51-54-60(63)66-57-58(67-61(64)55-52-49-46-43-40-37-33-27-24-21-18-15-12-9-6-3)56-65-59(62)53-50-47-44-41-38-35-32-26-23-20-17-14-11-8-5-2/h17-18,20-21,26-27,32-33,38,41,58H,4-16,19,22-25,28-31,34-37,39-40,42-57H2,1-3H3/b20-17-,21-18-,32-26-,33-27-,41-38-/t58-/m1/s1. The highest BCUT2D eigenvalue weighted by molar-refractivity contribution is 5.71. The number of ether oxygens (including phenoxy) is 3. The van der Waals surface area contributed by atoms with Gasteiger partial charge in [-0.2, -0.15) is 0 Å². The van der Waals surface area contributed by atoms with Gasteiger partial charge in [0.05, 0.1) is 0 Å². The summed E-state index contributed by atoms with van der Waals surface area (Å²) in [5.41, 5.74) is 0. The molecule has 0 heterocycles. The molecule has 0 aromatic rings. The summed E-state index contributed by atoms with van der Waals surface area (Å²) in [5.74, 6) is -0.932. The van der Waals surface area contributed by atoms with Gasteiger partial charge in [-0.05, 0) is 89.9 Å². The van der Waals surface area contributed by atoms with E-state index in [-0.39, 0.29) is 31.1 Å². The lowest BCUT2D eigenvalue weighted by Crippen LogP contribution is -2.30. The highest BCUT2D eigenvalue weighted by Crippen LogP contribution is 2.16. The second kappa shape index (κ2) is 55.7. The predicted octanol–water partition coefficient (Wildman–Crippen LogP) is 19.2. The normalized spacial score (nSPS) is 12.5. The molecule has 0 saturated heterocycles. The van der Waals surface area contributed by atoms with Crippen molar-refractivity contribution in [2.24, 2.45) is 0 Å². The summed E-state index contributed by atoms with van der Waals surface area (Å²) in [4.78, 5) is 38.1. The second-order valence-corrected chi connectivity index (χ2v) is 19.2. The lowest BCUT2D eigenvalue weighted by molar-refractivity contribution is -0.167. The van der Waals surface area contributed by atoms with Crippen molar-refractivity contribution in [1.29, 1.82) is 0 Å². The van der Waals surface area contributed by atoms with Gasteiger partial charge in [0.2, 0.25) is 0 Å². The molecule has 0 unspecified atom stereocenters. The van der Waals surface area contributed by atoms with E-state index in [1.165, 1.54) is 154 Å². The Morgan fingerprint density at radius 3 is 0.896 bits per heavy atom. The molecule has 0 aliphatic carbocycles. The fourth-order valence-corrected chi connectivity index (χ4v) is 8.13. The van der Waals surface area contributed by atoms with Crippen LogP contribution in [0.4, 0.5) is 0 Å². The van der Waals surface area contributed by atoms with E-state index in [0.29, 0.717) is 19.3 Å². The van der Waals surface area contributed by atoms with Gasteiger partial charge in [-0.3, -0.25) is 14.4 Å². The quantitative estimate of drug-likeness (QED) is 0.0262. The van der Waals surface area contributed by atoms with E-state index in [4.69, 9.17) is 14.2 Å². The lowest BCUT2D eigenvalue weighted by atomic mass is 10.0. The van der Waals surface area contributed by atoms with Crippen LogP contribution >= 0.6 is 0 Å². The first-order valence-electron chi connectivity index (χ1n) is 28.8. The van der Waals surface area contributed by atoms with E-state index in [0.717, 1.165) is 96.3 Å². The van der Waals surface area contributed by atoms with Crippen LogP contribution in [0.2, 0.25) is 0 Å². The summed E-state index contributed by atoms with van der Waals surface area (Å²) in [5, 5.41) is 0. The summed E-state index contributed by atoms with van der Waals surface area (Å²) in [6.07, 6.45) is 69.3. The van der Waals surface area contributed by atoms with Crippen molar-refractivity contribution in [2.45, 2.75) is 297 Å². The Balaban J connectivity index is 4.40. The molecule has 67 heavy (non-hydrogen) atoms. The topological polar surface area (TPSA) is 78.9 Å². The first-order chi connectivity index (χ1) is 33.0. The highest BCUT2D eigenvalue weighted by atomic mass is 16.6. The van der Waals surface area contributed by atoms with Gasteiger partial charge < -0.3 is 14.2 Å². The maximum Gasteiger partial charge on any atom is 0.306 e. The molecular weight excluding hydrogens is 829 g/mol. The Bertz CT molecular complexity index is 1210. The summed E-state index contributed by atoms with van der Waals surface area (Å²) in [6.45, 7) is 6.57. The third kappa shape index (κ3) is 53.9. The molecule has 388 valence electrons. The van der Waals surface area contributed by atoms with Crippen LogP contribution in [0.1, 0.15) is 290 Å². The van der Waals surface area contributed by atoms with E-state index in [9.17, 15) is 14.4 Å². The molecule has 0 spiro atoms. The van der Waals surface area contributed by atoms with Gasteiger partial charge in [0.25, 0.3) is 0 Å². The van der Waals surface area contributed by atoms with Crippen molar-refractivity contribution in [3.05, 3.63) is 60.8 Å². The molecule has 0 aromatic carbocycles. The molecule has 6 nitrogen and oxygen atoms in total. The van der Waals surface area contributed by atoms with Gasteiger partial charge in [0, 0.05) is 19.3 Å². The maximum absolute atomic E-state index is 12.8. The number of esters is 3. The second-order valence-electron chi connectivity index (χ2n) is 19.2. The van der Waals surface area contributed by atoms with Crippen molar-refractivity contribution < 1.29 is 28.6 Å². The Morgan fingerprint density at radius 1 is 0.299 bits per heavy atom. The SMILES string of the molecule is CCCCC/C=C\C/C=C\C/C=C\CCCCC(=O)OC[C@H](COC(=O)CCCCCCCCCCCCCCCCCCCCC)OC(=O)CCCCCCC/C=C\C/C=C\CCCCC. The number of unbranched alkanes of at least 4 members (excludes halogenated alkanes) is 31. The molecule has 6 heteroatoms. The molecule has 0 aromatic heterocycles. The number of rotatable bonds is 52. The fourth-order valence-electron chi connectivity index (χ4n) is 8.13. The summed E-state index contributed by atoms with van der Waals surface area (Å²) >= 11 is 0. The lowest BCUT2D eigenvalue weighted by Gasteiger charge is -2.18. The van der Waals surface area contributed by atoms with E-state index in [1.54, 1.807) is 0 Å². The summed E-state index contributed by atoms with van der Waals surface area (Å²) < 4.78 is 16.8. The zero-order chi connectivity index (χ0) is 48.6. The fraction of sp³-hybridized carbons (Fsp3) is 0.787. The third-order valence-corrected chi connectivity index (χ3v) is 12.5. The zero-order valence-corrected chi connectivity index (χ0v) is 44.4. The van der Waals surface area contributed by atoms with Crippen molar-refractivity contribution >= 4 is 17.9 Å². The van der Waals surface area contributed by atoms with E-state index >= 15 is 0 Å². The van der Waals surface area contributed by atoms with Crippen LogP contribution in [0.25, 0.3) is 0 Å². The largest absolute Gasteiger partial charge is 0.462 e. The molecule has 0 radical (unpaired) electrons. The molecule has 0 fully saturated rings. The van der Waals surface area contributed by atoms with Crippen molar-refractivity contribution in [2.75, 3.05) is 13.2 Å². The number of hydrogen-bond acceptors (Lipinski definition) is 6. The van der Waals surface area contributed by atoms with Crippen LogP contribution in [-0.4, -0.2) is 37.2 Å². The van der Waals surface area contributed by atoms with Crippen LogP contribution in [0.3, 0.4) is 0 Å². The molecular formula is C61H108O6.